The molecule has 0 radical (unpaired) electrons. The molecular weight excluding hydrogens is 353 g/mol. The maximum absolute atomic E-state index is 13.0. The summed E-state index contributed by atoms with van der Waals surface area (Å²) in [5.74, 6) is -1.41. The summed E-state index contributed by atoms with van der Waals surface area (Å²) in [7, 11) is 1.26. The van der Waals surface area contributed by atoms with Crippen LogP contribution >= 0.6 is 0 Å². The van der Waals surface area contributed by atoms with Crippen molar-refractivity contribution in [3.05, 3.63) is 23.5 Å². The van der Waals surface area contributed by atoms with Crippen molar-refractivity contribution in [3.63, 3.8) is 0 Å². The molecule has 1 aliphatic rings. The molecule has 1 aliphatic heterocycles. The van der Waals surface area contributed by atoms with Gasteiger partial charge in [-0.1, -0.05) is 0 Å². The first-order chi connectivity index (χ1) is 13.4. The minimum Gasteiger partial charge on any atom is -0.465 e. The van der Waals surface area contributed by atoms with Crippen LogP contribution in [0.25, 0.3) is 0 Å². The van der Waals surface area contributed by atoms with Gasteiger partial charge in [-0.2, -0.15) is 23.3 Å². The number of rotatable bonds is 4. The van der Waals surface area contributed by atoms with Crippen molar-refractivity contribution in [3.8, 4) is 0 Å². The van der Waals surface area contributed by atoms with E-state index in [1.807, 2.05) is 0 Å². The number of hydrogen-bond acceptors (Lipinski definition) is 7. The lowest BCUT2D eigenvalue weighted by Crippen LogP contribution is -2.28. The Bertz CT molecular complexity index is 946. The molecule has 26 heavy (non-hydrogen) atoms. The van der Waals surface area contributed by atoms with Crippen LogP contribution in [0.1, 0.15) is 28.7 Å². The summed E-state index contributed by atoms with van der Waals surface area (Å²) < 4.78 is 67.5. The van der Waals surface area contributed by atoms with Crippen LogP contribution in [0.3, 0.4) is 0 Å². The second-order valence-electron chi connectivity index (χ2n) is 5.87. The van der Waals surface area contributed by atoms with Crippen LogP contribution in [0, 0.1) is 0 Å². The first-order valence-corrected chi connectivity index (χ1v) is 7.53. The number of nitrogens with zero attached hydrogens (tertiary/aromatic N) is 4. The highest BCUT2D eigenvalue weighted by Crippen LogP contribution is 2.35. The molecule has 2 N–H and O–H groups in total. The molecule has 1 saturated heterocycles. The van der Waals surface area contributed by atoms with Crippen LogP contribution in [-0.4, -0.2) is 39.4 Å². The van der Waals surface area contributed by atoms with Crippen molar-refractivity contribution in [2.45, 2.75) is 24.9 Å². The number of alkyl halides is 3. The van der Waals surface area contributed by atoms with Gasteiger partial charge in [-0.3, -0.25) is 9.48 Å². The minimum absolute atomic E-state index is 0.109. The average molecular weight is 373 g/mol. The molecule has 11 heteroatoms. The lowest BCUT2D eigenvalue weighted by molar-refractivity contribution is -0.142. The summed E-state index contributed by atoms with van der Waals surface area (Å²) >= 11 is 0. The predicted molar refractivity (Wildman–Crippen MR) is 86.0 cm³/mol. The monoisotopic (exact) mass is 373 g/mol. The topological polar surface area (TPSA) is 94.0 Å². The van der Waals surface area contributed by atoms with E-state index in [-0.39, 0.29) is 24.1 Å². The highest BCUT2D eigenvalue weighted by atomic mass is 19.4. The second-order valence-corrected chi connectivity index (χ2v) is 5.87. The SMILES string of the molecule is [2H]C([2H])([2H])n1nc([C@@]2(C)CCOC2=O)cc1Nc1ncc(C(F)(F)F)c(NC)n1. The Labute approximate surface area is 151 Å². The molecule has 2 aromatic rings. The first kappa shape index (κ1) is 14.3. The fraction of sp³-hybridized carbons (Fsp3) is 0.467. The minimum atomic E-state index is -4.66. The Morgan fingerprint density at radius 1 is 1.46 bits per heavy atom. The number of aromatic nitrogens is 4. The van der Waals surface area contributed by atoms with Crippen LogP contribution in [-0.2, 0) is 28.1 Å². The average Bonchev–Trinajstić information content (AvgIpc) is 3.18. The van der Waals surface area contributed by atoms with Gasteiger partial charge in [-0.05, 0) is 6.92 Å². The number of cyclic esters (lactones) is 1. The van der Waals surface area contributed by atoms with E-state index in [2.05, 4.69) is 25.7 Å². The molecule has 8 nitrogen and oxygen atoms in total. The quantitative estimate of drug-likeness (QED) is 0.794. The number of nitrogens with one attached hydrogen (secondary N) is 2. The van der Waals surface area contributed by atoms with E-state index >= 15 is 0 Å². The van der Waals surface area contributed by atoms with E-state index in [9.17, 15) is 18.0 Å². The van der Waals surface area contributed by atoms with Gasteiger partial charge >= 0.3 is 12.1 Å². The number of halogens is 3. The summed E-state index contributed by atoms with van der Waals surface area (Å²) in [4.78, 5) is 19.4. The molecule has 0 aliphatic carbocycles. The molecule has 140 valence electrons. The third-order valence-corrected chi connectivity index (χ3v) is 4.13. The van der Waals surface area contributed by atoms with Crippen LogP contribution in [0.5, 0.6) is 0 Å². The lowest BCUT2D eigenvalue weighted by Gasteiger charge is -2.14. The first-order valence-electron chi connectivity index (χ1n) is 9.03. The molecule has 0 amide bonds. The zero-order chi connectivity index (χ0) is 21.6. The summed E-state index contributed by atoms with van der Waals surface area (Å²) in [5.41, 5.74) is -2.06. The normalized spacial score (nSPS) is 22.3. The van der Waals surface area contributed by atoms with E-state index in [0.29, 0.717) is 17.3 Å². The van der Waals surface area contributed by atoms with E-state index in [1.54, 1.807) is 6.92 Å². The number of anilines is 3. The maximum Gasteiger partial charge on any atom is 0.421 e. The third-order valence-electron chi connectivity index (χ3n) is 4.13. The van der Waals surface area contributed by atoms with Crippen molar-refractivity contribution in [1.29, 1.82) is 0 Å². The standard InChI is InChI=1S/C15H17F3N6O2/c1-14(4-5-26-12(14)25)9-6-10(24(3)23-9)21-13-20-7-8(15(16,17)18)11(19-2)22-13/h6-7H,4-5H2,1-3H3,(H2,19,20,21,22)/t14-/m1/s1/i3D3. The number of hydrogen-bond donors (Lipinski definition) is 2. The molecule has 3 heterocycles. The largest absolute Gasteiger partial charge is 0.465 e. The van der Waals surface area contributed by atoms with Gasteiger partial charge in [-0.15, -0.1) is 0 Å². The Morgan fingerprint density at radius 3 is 2.81 bits per heavy atom. The zero-order valence-corrected chi connectivity index (χ0v) is 13.8. The molecule has 1 atom stereocenters. The molecule has 3 rings (SSSR count). The highest BCUT2D eigenvalue weighted by Gasteiger charge is 2.44. The van der Waals surface area contributed by atoms with E-state index in [4.69, 9.17) is 8.85 Å². The number of ether oxygens (including phenoxy) is 1. The summed E-state index contributed by atoms with van der Waals surface area (Å²) in [5, 5.41) is 8.92. The van der Waals surface area contributed by atoms with Crippen molar-refractivity contribution in [1.82, 2.24) is 19.7 Å². The van der Waals surface area contributed by atoms with Gasteiger partial charge in [0, 0.05) is 36.8 Å². The Kier molecular flexibility index (Phi) is 3.39. The fourth-order valence-electron chi connectivity index (χ4n) is 2.54. The van der Waals surface area contributed by atoms with E-state index < -0.39 is 35.9 Å². The van der Waals surface area contributed by atoms with Crippen LogP contribution in [0.2, 0.25) is 0 Å². The van der Waals surface area contributed by atoms with E-state index in [1.165, 1.54) is 13.1 Å². The zero-order valence-electron chi connectivity index (χ0n) is 16.8. The smallest absolute Gasteiger partial charge is 0.421 e. The summed E-state index contributed by atoms with van der Waals surface area (Å²) in [6.45, 7) is -0.977. The van der Waals surface area contributed by atoms with Gasteiger partial charge in [0.05, 0.1) is 12.3 Å². The Balaban J connectivity index is 2.02. The summed E-state index contributed by atoms with van der Waals surface area (Å²) in [6, 6.07) is 1.32. The van der Waals surface area contributed by atoms with Crippen molar-refractivity contribution >= 4 is 23.6 Å². The number of carbonyl (C=O) groups is 1. The summed E-state index contributed by atoms with van der Waals surface area (Å²) in [6.07, 6.45) is -3.78. The lowest BCUT2D eigenvalue weighted by atomic mass is 9.85. The van der Waals surface area contributed by atoms with E-state index in [0.717, 1.165) is 0 Å². The third kappa shape index (κ3) is 3.04. The number of aryl methyl sites for hydroxylation is 1. The van der Waals surface area contributed by atoms with Crippen molar-refractivity contribution < 1.29 is 26.8 Å². The molecule has 1 fully saturated rings. The number of esters is 1. The molecule has 0 saturated carbocycles. The molecule has 0 spiro atoms. The number of carbonyl (C=O) groups excluding carboxylic acids is 1. The maximum atomic E-state index is 13.0. The van der Waals surface area contributed by atoms with Gasteiger partial charge in [0.25, 0.3) is 0 Å². The molecule has 0 bridgehead atoms. The van der Waals surface area contributed by atoms with Gasteiger partial charge in [-0.25, -0.2) is 4.98 Å². The van der Waals surface area contributed by atoms with Gasteiger partial charge in [0.15, 0.2) is 0 Å². The van der Waals surface area contributed by atoms with Crippen LogP contribution < -0.4 is 10.6 Å². The van der Waals surface area contributed by atoms with Crippen molar-refractivity contribution in [2.24, 2.45) is 6.98 Å². The van der Waals surface area contributed by atoms with Gasteiger partial charge in [0.1, 0.15) is 22.6 Å². The fourth-order valence-corrected chi connectivity index (χ4v) is 2.54. The van der Waals surface area contributed by atoms with Crippen LogP contribution in [0.15, 0.2) is 12.3 Å². The molecular formula is C15H17F3N6O2. The Morgan fingerprint density at radius 2 is 2.23 bits per heavy atom. The van der Waals surface area contributed by atoms with Gasteiger partial charge in [0.2, 0.25) is 5.95 Å². The predicted octanol–water partition coefficient (Wildman–Crippen LogP) is 2.22. The Hall–Kier alpha value is -2.85. The molecule has 0 unspecified atom stereocenters. The van der Waals surface area contributed by atoms with Crippen molar-refractivity contribution in [2.75, 3.05) is 24.3 Å². The highest BCUT2D eigenvalue weighted by molar-refractivity contribution is 5.84. The molecule has 0 aromatic carbocycles. The second kappa shape index (κ2) is 6.15. The van der Waals surface area contributed by atoms with Gasteiger partial charge < -0.3 is 15.4 Å². The molecule has 2 aromatic heterocycles. The van der Waals surface area contributed by atoms with Crippen LogP contribution in [0.4, 0.5) is 30.8 Å².